The highest BCUT2D eigenvalue weighted by Gasteiger charge is 2.16. The van der Waals surface area contributed by atoms with Crippen LogP contribution >= 0.6 is 0 Å². The first-order valence-corrected chi connectivity index (χ1v) is 21.5. The van der Waals surface area contributed by atoms with Crippen molar-refractivity contribution < 1.29 is 0 Å². The van der Waals surface area contributed by atoms with E-state index in [2.05, 4.69) is 260 Å². The lowest BCUT2D eigenvalue weighted by molar-refractivity contribution is 1.28. The summed E-state index contributed by atoms with van der Waals surface area (Å²) in [7, 11) is 0. The van der Waals surface area contributed by atoms with Crippen LogP contribution in [0.25, 0.3) is 83.6 Å². The molecule has 0 aliphatic rings. The third-order valence-electron chi connectivity index (χ3n) is 11.8. The Bertz CT molecular complexity index is 3180. The molecule has 10 aromatic carbocycles. The molecule has 298 valence electrons. The molecule has 0 amide bonds. The zero-order valence-corrected chi connectivity index (χ0v) is 35.0. The van der Waals surface area contributed by atoms with Crippen molar-refractivity contribution in [1.29, 1.82) is 0 Å². The number of fused-ring (bicyclic) bond motifs is 1. The van der Waals surface area contributed by atoms with Gasteiger partial charge in [0.25, 0.3) is 0 Å². The van der Waals surface area contributed by atoms with E-state index in [1.165, 1.54) is 77.5 Å². The van der Waals surface area contributed by atoms with Gasteiger partial charge < -0.3 is 4.90 Å². The molecule has 0 aliphatic carbocycles. The second-order valence-corrected chi connectivity index (χ2v) is 15.8. The highest BCUT2D eigenvalue weighted by Crippen LogP contribution is 2.41. The number of hydrogen-bond acceptors (Lipinski definition) is 1. The van der Waals surface area contributed by atoms with Gasteiger partial charge in [-0.05, 0) is 138 Å². The number of allylic oxidation sites excluding steroid dienone is 2. The molecule has 63 heavy (non-hydrogen) atoms. The molecule has 0 saturated carbocycles. The van der Waals surface area contributed by atoms with Crippen LogP contribution in [-0.4, -0.2) is 0 Å². The number of anilines is 3. The molecule has 0 aliphatic heterocycles. The quantitative estimate of drug-likeness (QED) is 0.118. The summed E-state index contributed by atoms with van der Waals surface area (Å²) in [4.78, 5) is 2.35. The second kappa shape index (κ2) is 17.8. The van der Waals surface area contributed by atoms with Gasteiger partial charge in [0, 0.05) is 17.1 Å². The van der Waals surface area contributed by atoms with E-state index in [9.17, 15) is 0 Å². The molecule has 0 unspecified atom stereocenters. The molecule has 0 bridgehead atoms. The Morgan fingerprint density at radius 3 is 1.30 bits per heavy atom. The largest absolute Gasteiger partial charge is 0.311 e. The summed E-state index contributed by atoms with van der Waals surface area (Å²) in [5.41, 5.74) is 18.7. The van der Waals surface area contributed by atoms with E-state index in [4.69, 9.17) is 0 Å². The minimum absolute atomic E-state index is 1.08. The van der Waals surface area contributed by atoms with E-state index in [0.717, 1.165) is 22.6 Å². The summed E-state index contributed by atoms with van der Waals surface area (Å²) in [6.07, 6.45) is 5.85. The van der Waals surface area contributed by atoms with Gasteiger partial charge in [-0.2, -0.15) is 0 Å². The van der Waals surface area contributed by atoms with Crippen molar-refractivity contribution in [3.63, 3.8) is 0 Å². The summed E-state index contributed by atoms with van der Waals surface area (Å²) in [5, 5.41) is 2.49. The lowest BCUT2D eigenvalue weighted by Gasteiger charge is -2.26. The maximum atomic E-state index is 3.81. The van der Waals surface area contributed by atoms with E-state index in [-0.39, 0.29) is 0 Å². The summed E-state index contributed by atoms with van der Waals surface area (Å²) >= 11 is 0. The zero-order chi connectivity index (χ0) is 42.4. The maximum Gasteiger partial charge on any atom is 0.0462 e. The third kappa shape index (κ3) is 8.42. The van der Waals surface area contributed by atoms with Crippen molar-refractivity contribution in [1.82, 2.24) is 0 Å². The lowest BCUT2D eigenvalue weighted by atomic mass is 9.91. The molecule has 10 rings (SSSR count). The molecule has 1 heteroatoms. The van der Waals surface area contributed by atoms with Crippen LogP contribution in [0.15, 0.2) is 261 Å². The molecule has 0 radical (unpaired) electrons. The van der Waals surface area contributed by atoms with Gasteiger partial charge in [0.15, 0.2) is 0 Å². The molecule has 10 aromatic rings. The molecule has 1 nitrogen and oxygen atoms in total. The Kier molecular flexibility index (Phi) is 11.0. The zero-order valence-electron chi connectivity index (χ0n) is 35.0. The first-order chi connectivity index (χ1) is 31.2. The topological polar surface area (TPSA) is 3.24 Å². The standard InChI is InChI=1S/C62H45N/c1-2-3-13-45-14-12-21-54(42-45)50-24-22-48(23-25-50)49-28-35-58(36-29-49)63(59-37-30-51(31-38-59)56-27-26-47-17-10-11-20-55(47)43-56)60-39-32-53(33-40-60)62-44-57(46-15-6-4-7-16-46)34-41-61(62)52-18-8-5-9-19-52/h2-44H,1H2/b13-3-. The number of rotatable bonds is 11. The summed E-state index contributed by atoms with van der Waals surface area (Å²) in [5.74, 6) is 0. The lowest BCUT2D eigenvalue weighted by Crippen LogP contribution is -2.09. The molecule has 0 aromatic heterocycles. The molecule has 0 atom stereocenters. The van der Waals surface area contributed by atoms with Gasteiger partial charge in [-0.3, -0.25) is 0 Å². The van der Waals surface area contributed by atoms with Crippen LogP contribution < -0.4 is 4.90 Å². The van der Waals surface area contributed by atoms with Crippen molar-refractivity contribution in [2.75, 3.05) is 4.90 Å². The van der Waals surface area contributed by atoms with Crippen LogP contribution in [-0.2, 0) is 0 Å². The molecular formula is C62H45N. The highest BCUT2D eigenvalue weighted by atomic mass is 15.1. The molecule has 0 saturated heterocycles. The Balaban J connectivity index is 1.01. The van der Waals surface area contributed by atoms with E-state index >= 15 is 0 Å². The van der Waals surface area contributed by atoms with Crippen LogP contribution in [0.5, 0.6) is 0 Å². The van der Waals surface area contributed by atoms with Gasteiger partial charge >= 0.3 is 0 Å². The fourth-order valence-corrected chi connectivity index (χ4v) is 8.53. The summed E-state index contributed by atoms with van der Waals surface area (Å²) < 4.78 is 0. The van der Waals surface area contributed by atoms with Crippen molar-refractivity contribution in [2.24, 2.45) is 0 Å². The average Bonchev–Trinajstić information content (AvgIpc) is 3.37. The third-order valence-corrected chi connectivity index (χ3v) is 11.8. The predicted molar refractivity (Wildman–Crippen MR) is 270 cm³/mol. The smallest absolute Gasteiger partial charge is 0.0462 e. The Morgan fingerprint density at radius 1 is 0.286 bits per heavy atom. The minimum atomic E-state index is 1.08. The van der Waals surface area contributed by atoms with Crippen LogP contribution in [0.4, 0.5) is 17.1 Å². The molecule has 0 fully saturated rings. The number of hydrogen-bond donors (Lipinski definition) is 0. The van der Waals surface area contributed by atoms with E-state index < -0.39 is 0 Å². The maximum absolute atomic E-state index is 3.81. The van der Waals surface area contributed by atoms with E-state index in [1.807, 2.05) is 6.08 Å². The van der Waals surface area contributed by atoms with E-state index in [1.54, 1.807) is 6.08 Å². The first-order valence-electron chi connectivity index (χ1n) is 21.5. The van der Waals surface area contributed by atoms with Crippen LogP contribution in [0.2, 0.25) is 0 Å². The van der Waals surface area contributed by atoms with Crippen LogP contribution in [0.1, 0.15) is 5.56 Å². The van der Waals surface area contributed by atoms with Gasteiger partial charge in [0.1, 0.15) is 0 Å². The van der Waals surface area contributed by atoms with Gasteiger partial charge in [-0.15, -0.1) is 0 Å². The minimum Gasteiger partial charge on any atom is -0.311 e. The van der Waals surface area contributed by atoms with Gasteiger partial charge in [0.05, 0.1) is 0 Å². The molecular weight excluding hydrogens is 759 g/mol. The number of benzene rings is 10. The fourth-order valence-electron chi connectivity index (χ4n) is 8.53. The van der Waals surface area contributed by atoms with Crippen molar-refractivity contribution in [3.8, 4) is 66.8 Å². The predicted octanol–water partition coefficient (Wildman–Crippen LogP) is 17.5. The second-order valence-electron chi connectivity index (χ2n) is 15.8. The SMILES string of the molecule is C=C/C=C\c1cccc(-c2ccc(-c3ccc(N(c4ccc(-c5ccc6ccccc6c5)cc4)c4ccc(-c5cc(-c6ccccc6)ccc5-c5ccccc5)cc4)cc3)cc2)c1. The van der Waals surface area contributed by atoms with Crippen molar-refractivity contribution in [2.45, 2.75) is 0 Å². The molecule has 0 heterocycles. The normalized spacial score (nSPS) is 11.2. The average molecular weight is 804 g/mol. The van der Waals surface area contributed by atoms with Crippen LogP contribution in [0, 0.1) is 0 Å². The number of nitrogens with zero attached hydrogens (tertiary/aromatic N) is 1. The fraction of sp³-hybridized carbons (Fsp3) is 0. The Hall–Kier alpha value is -8.26. The Morgan fingerprint density at radius 2 is 0.698 bits per heavy atom. The summed E-state index contributed by atoms with van der Waals surface area (Å²) in [6.45, 7) is 3.81. The van der Waals surface area contributed by atoms with Crippen LogP contribution in [0.3, 0.4) is 0 Å². The summed E-state index contributed by atoms with van der Waals surface area (Å²) in [6, 6.07) is 87.8. The van der Waals surface area contributed by atoms with E-state index in [0.29, 0.717) is 0 Å². The highest BCUT2D eigenvalue weighted by molar-refractivity contribution is 5.90. The molecule has 0 N–H and O–H groups in total. The van der Waals surface area contributed by atoms with Crippen molar-refractivity contribution in [3.05, 3.63) is 267 Å². The van der Waals surface area contributed by atoms with Gasteiger partial charge in [-0.25, -0.2) is 0 Å². The first kappa shape index (κ1) is 38.9. The van der Waals surface area contributed by atoms with Gasteiger partial charge in [0.2, 0.25) is 0 Å². The Labute approximate surface area is 370 Å². The van der Waals surface area contributed by atoms with Crippen molar-refractivity contribution >= 4 is 33.9 Å². The monoisotopic (exact) mass is 803 g/mol. The molecule has 0 spiro atoms. The van der Waals surface area contributed by atoms with Gasteiger partial charge in [-0.1, -0.05) is 213 Å².